The van der Waals surface area contributed by atoms with Gasteiger partial charge in [0, 0.05) is 29.9 Å². The van der Waals surface area contributed by atoms with E-state index < -0.39 is 5.97 Å². The van der Waals surface area contributed by atoms with E-state index in [1.54, 1.807) is 22.8 Å². The summed E-state index contributed by atoms with van der Waals surface area (Å²) in [6.07, 6.45) is 5.32. The van der Waals surface area contributed by atoms with E-state index in [-0.39, 0.29) is 22.6 Å². The zero-order chi connectivity index (χ0) is 23.9. The molecule has 1 heterocycles. The van der Waals surface area contributed by atoms with Crippen molar-refractivity contribution in [2.45, 2.75) is 53.0 Å². The number of nitrogens with zero attached hydrogens (tertiary/aromatic N) is 1. The van der Waals surface area contributed by atoms with Crippen molar-refractivity contribution in [2.75, 3.05) is 5.32 Å². The molecule has 2 N–H and O–H groups in total. The van der Waals surface area contributed by atoms with Crippen LogP contribution >= 0.6 is 0 Å². The van der Waals surface area contributed by atoms with Gasteiger partial charge in [0.1, 0.15) is 0 Å². The molecule has 0 saturated carbocycles. The number of hydrogen-bond donors (Lipinski definition) is 2. The third-order valence-corrected chi connectivity index (χ3v) is 6.83. The van der Waals surface area contributed by atoms with Crippen molar-refractivity contribution in [3.8, 4) is 0 Å². The van der Waals surface area contributed by atoms with E-state index in [0.29, 0.717) is 11.1 Å². The summed E-state index contributed by atoms with van der Waals surface area (Å²) in [7, 11) is 1.85. The van der Waals surface area contributed by atoms with Gasteiger partial charge in [-0.15, -0.1) is 0 Å². The lowest BCUT2D eigenvalue weighted by Gasteiger charge is -2.29. The van der Waals surface area contributed by atoms with Crippen LogP contribution in [0, 0.1) is 12.3 Å². The third-order valence-electron chi connectivity index (χ3n) is 6.83. The zero-order valence-electron chi connectivity index (χ0n) is 20.0. The Bertz CT molecular complexity index is 1330. The van der Waals surface area contributed by atoms with E-state index in [4.69, 9.17) is 0 Å². The van der Waals surface area contributed by atoms with Gasteiger partial charge in [0.25, 0.3) is 5.56 Å². The molecule has 4 rings (SSSR count). The molecule has 1 aliphatic carbocycles. The van der Waals surface area contributed by atoms with Gasteiger partial charge in [0.15, 0.2) is 0 Å². The zero-order valence-corrected chi connectivity index (χ0v) is 20.0. The third kappa shape index (κ3) is 4.45. The lowest BCUT2D eigenvalue weighted by molar-refractivity contribution is 0.0698. The Morgan fingerprint density at radius 1 is 1.15 bits per heavy atom. The molecule has 33 heavy (non-hydrogen) atoms. The number of pyridine rings is 1. The second-order valence-corrected chi connectivity index (χ2v) is 10.0. The Balaban J connectivity index is 1.84. The molecule has 0 fully saturated rings. The number of rotatable bonds is 5. The number of aromatic carboxylic acids is 1. The van der Waals surface area contributed by atoms with E-state index in [2.05, 4.69) is 37.4 Å². The Hall–Kier alpha value is -3.34. The highest BCUT2D eigenvalue weighted by Crippen LogP contribution is 2.38. The minimum Gasteiger partial charge on any atom is -0.478 e. The van der Waals surface area contributed by atoms with Crippen LogP contribution in [0.3, 0.4) is 0 Å². The number of anilines is 1. The molecule has 0 spiro atoms. The monoisotopic (exact) mass is 444 g/mol. The van der Waals surface area contributed by atoms with Gasteiger partial charge < -0.3 is 15.0 Å². The first-order valence-corrected chi connectivity index (χ1v) is 11.5. The van der Waals surface area contributed by atoms with Gasteiger partial charge in [-0.2, -0.15) is 0 Å². The van der Waals surface area contributed by atoms with Crippen LogP contribution in [0.15, 0.2) is 53.3 Å². The van der Waals surface area contributed by atoms with Crippen LogP contribution in [0.4, 0.5) is 5.69 Å². The Morgan fingerprint density at radius 3 is 2.55 bits per heavy atom. The van der Waals surface area contributed by atoms with Gasteiger partial charge in [0.05, 0.1) is 5.56 Å². The second-order valence-electron chi connectivity index (χ2n) is 10.0. The second kappa shape index (κ2) is 8.54. The molecule has 5 nitrogen and oxygen atoms in total. The van der Waals surface area contributed by atoms with Crippen LogP contribution in [-0.2, 0) is 7.05 Å². The maximum atomic E-state index is 13.4. The van der Waals surface area contributed by atoms with Crippen LogP contribution in [0.25, 0.3) is 16.3 Å². The lowest BCUT2D eigenvalue weighted by Crippen LogP contribution is -2.23. The molecule has 0 saturated heterocycles. The molecule has 0 bridgehead atoms. The van der Waals surface area contributed by atoms with Gasteiger partial charge in [-0.1, -0.05) is 38.1 Å². The maximum Gasteiger partial charge on any atom is 0.337 e. The number of allylic oxidation sites excluding steroid dienone is 2. The quantitative estimate of drug-likeness (QED) is 0.484. The smallest absolute Gasteiger partial charge is 0.337 e. The van der Waals surface area contributed by atoms with Crippen LogP contribution in [0.5, 0.6) is 0 Å². The number of benzene rings is 2. The number of nitrogens with one attached hydrogen (secondary N) is 1. The highest BCUT2D eigenvalue weighted by molar-refractivity contribution is 5.94. The van der Waals surface area contributed by atoms with Crippen LogP contribution in [0.2, 0.25) is 0 Å². The fourth-order valence-corrected chi connectivity index (χ4v) is 4.77. The highest BCUT2D eigenvalue weighted by atomic mass is 16.4. The first kappa shape index (κ1) is 22.8. The predicted molar refractivity (Wildman–Crippen MR) is 135 cm³/mol. The summed E-state index contributed by atoms with van der Waals surface area (Å²) in [6.45, 7) is 8.55. The number of aromatic nitrogens is 1. The molecule has 0 aliphatic heterocycles. The Kier molecular flexibility index (Phi) is 5.91. The summed E-state index contributed by atoms with van der Waals surface area (Å²) in [5.41, 5.74) is 5.25. The minimum atomic E-state index is -0.970. The number of fused-ring (bicyclic) bond motifs is 1. The van der Waals surface area contributed by atoms with Gasteiger partial charge >= 0.3 is 5.97 Å². The topological polar surface area (TPSA) is 71.3 Å². The van der Waals surface area contributed by atoms with E-state index in [9.17, 15) is 14.7 Å². The SMILES string of the molecule is Cc1cc(C(C)Nc2ccccc2C(=O)O)c2cc(C3=CCC(C)(C)CC3)n(C)c(=O)c2c1. The molecular weight excluding hydrogens is 412 g/mol. The fourth-order valence-electron chi connectivity index (χ4n) is 4.77. The number of para-hydroxylation sites is 1. The van der Waals surface area contributed by atoms with E-state index in [1.165, 1.54) is 5.57 Å². The standard InChI is InChI=1S/C28H32N2O3/c1-17-14-21(18(2)29-24-9-7-6-8-20(24)27(32)33)22-16-25(30(5)26(31)23(22)15-17)19-10-12-28(3,4)13-11-19/h6-10,14-16,18,29H,11-13H2,1-5H3,(H,32,33). The van der Waals surface area contributed by atoms with Crippen LogP contribution in [-0.4, -0.2) is 15.6 Å². The molecule has 3 aromatic rings. The molecule has 1 aliphatic rings. The molecule has 5 heteroatoms. The maximum absolute atomic E-state index is 13.4. The highest BCUT2D eigenvalue weighted by Gasteiger charge is 2.24. The van der Waals surface area contributed by atoms with E-state index in [1.807, 2.05) is 33.0 Å². The normalized spacial score (nSPS) is 16.3. The number of hydrogen-bond acceptors (Lipinski definition) is 3. The largest absolute Gasteiger partial charge is 0.478 e. The van der Waals surface area contributed by atoms with Crippen molar-refractivity contribution in [2.24, 2.45) is 12.5 Å². The van der Waals surface area contributed by atoms with Gasteiger partial charge in [-0.25, -0.2) is 4.79 Å². The number of carboxylic acid groups (broad SMARTS) is 1. The lowest BCUT2D eigenvalue weighted by atomic mass is 9.77. The van der Waals surface area contributed by atoms with Crippen molar-refractivity contribution in [1.82, 2.24) is 4.57 Å². The Labute approximate surface area is 194 Å². The first-order valence-electron chi connectivity index (χ1n) is 11.5. The summed E-state index contributed by atoms with van der Waals surface area (Å²) in [4.78, 5) is 25.0. The summed E-state index contributed by atoms with van der Waals surface area (Å²) >= 11 is 0. The fraction of sp³-hybridized carbons (Fsp3) is 0.357. The van der Waals surface area contributed by atoms with E-state index >= 15 is 0 Å². The van der Waals surface area contributed by atoms with Crippen LogP contribution < -0.4 is 10.9 Å². The number of carbonyl (C=O) groups is 1. The van der Waals surface area contributed by atoms with Crippen molar-refractivity contribution < 1.29 is 9.90 Å². The first-order chi connectivity index (χ1) is 15.6. The van der Waals surface area contributed by atoms with E-state index in [0.717, 1.165) is 41.5 Å². The van der Waals surface area contributed by atoms with Gasteiger partial charge in [0.2, 0.25) is 0 Å². The number of aryl methyl sites for hydroxylation is 1. The summed E-state index contributed by atoms with van der Waals surface area (Å²) in [5.74, 6) is -0.970. The molecule has 2 aromatic carbocycles. The molecule has 1 atom stereocenters. The summed E-state index contributed by atoms with van der Waals surface area (Å²) in [5, 5.41) is 14.5. The van der Waals surface area contributed by atoms with Crippen molar-refractivity contribution in [1.29, 1.82) is 0 Å². The van der Waals surface area contributed by atoms with Gasteiger partial charge in [-0.05, 0) is 84.9 Å². The molecule has 1 unspecified atom stereocenters. The predicted octanol–water partition coefficient (Wildman–Crippen LogP) is 6.31. The molecule has 172 valence electrons. The molecule has 1 aromatic heterocycles. The van der Waals surface area contributed by atoms with Crippen molar-refractivity contribution >= 4 is 28.0 Å². The summed E-state index contributed by atoms with van der Waals surface area (Å²) < 4.78 is 1.77. The minimum absolute atomic E-state index is 0.00341. The van der Waals surface area contributed by atoms with Crippen molar-refractivity contribution in [3.05, 3.63) is 81.3 Å². The summed E-state index contributed by atoms with van der Waals surface area (Å²) in [6, 6.07) is 12.9. The number of carboxylic acids is 1. The Morgan fingerprint density at radius 2 is 1.88 bits per heavy atom. The molecule has 0 amide bonds. The molecule has 0 radical (unpaired) electrons. The molecular formula is C28H32N2O3. The van der Waals surface area contributed by atoms with Crippen molar-refractivity contribution in [3.63, 3.8) is 0 Å². The average Bonchev–Trinajstić information content (AvgIpc) is 2.76. The van der Waals surface area contributed by atoms with Gasteiger partial charge in [-0.3, -0.25) is 4.79 Å². The van der Waals surface area contributed by atoms with Crippen LogP contribution in [0.1, 0.15) is 73.3 Å². The average molecular weight is 445 g/mol.